The number of allylic oxidation sites excluding steroid dienone is 5. The highest BCUT2D eigenvalue weighted by Gasteiger charge is 2.18. The monoisotopic (exact) mass is 1010 g/mol. The van der Waals surface area contributed by atoms with Crippen LogP contribution in [0.25, 0.3) is 0 Å². The van der Waals surface area contributed by atoms with E-state index in [1.54, 1.807) is 6.08 Å². The van der Waals surface area contributed by atoms with Gasteiger partial charge in [-0.05, 0) is 57.8 Å². The molecule has 0 rings (SSSR count). The number of carbonyl (C=O) groups excluding carboxylic acids is 2. The molecule has 0 saturated heterocycles. The summed E-state index contributed by atoms with van der Waals surface area (Å²) in [4.78, 5) is 24.4. The summed E-state index contributed by atoms with van der Waals surface area (Å²) in [6, 6.07) is -0.622. The molecular weight excluding hydrogens is 887 g/mol. The second-order valence-corrected chi connectivity index (χ2v) is 22.1. The molecular formula is C66H125NO5. The zero-order chi connectivity index (χ0) is 52.2. The lowest BCUT2D eigenvalue weighted by Crippen LogP contribution is -2.45. The molecule has 0 fully saturated rings. The Kier molecular flexibility index (Phi) is 60.0. The number of unbranched alkanes of at least 4 members (excludes halogenated alkanes) is 45. The minimum absolute atomic E-state index is 0.00585. The average Bonchev–Trinajstić information content (AvgIpc) is 3.38. The molecule has 0 radical (unpaired) electrons. The van der Waals surface area contributed by atoms with E-state index < -0.39 is 12.1 Å². The quantitative estimate of drug-likeness (QED) is 0.0320. The van der Waals surface area contributed by atoms with Crippen molar-refractivity contribution in [3.8, 4) is 0 Å². The third kappa shape index (κ3) is 57.4. The molecule has 0 aromatic heterocycles. The zero-order valence-corrected chi connectivity index (χ0v) is 48.4. The molecule has 0 bridgehead atoms. The fourth-order valence-electron chi connectivity index (χ4n) is 9.97. The second-order valence-electron chi connectivity index (χ2n) is 22.1. The number of nitrogens with one attached hydrogen (secondary N) is 1. The van der Waals surface area contributed by atoms with Gasteiger partial charge in [-0.15, -0.1) is 0 Å². The van der Waals surface area contributed by atoms with Gasteiger partial charge in [0.15, 0.2) is 0 Å². The first-order valence-corrected chi connectivity index (χ1v) is 32.3. The molecule has 0 spiro atoms. The Morgan fingerprint density at radius 1 is 0.389 bits per heavy atom. The van der Waals surface area contributed by atoms with Crippen molar-refractivity contribution in [2.45, 2.75) is 360 Å². The van der Waals surface area contributed by atoms with Crippen LogP contribution in [0.15, 0.2) is 36.5 Å². The maximum atomic E-state index is 12.4. The van der Waals surface area contributed by atoms with Crippen LogP contribution in [0.1, 0.15) is 348 Å². The minimum Gasteiger partial charge on any atom is -0.466 e. The number of aliphatic hydroxyl groups excluding tert-OH is 2. The summed E-state index contributed by atoms with van der Waals surface area (Å²) in [6.07, 6.45) is 78.0. The molecule has 0 aliphatic rings. The molecule has 0 aliphatic carbocycles. The van der Waals surface area contributed by atoms with Crippen molar-refractivity contribution in [1.29, 1.82) is 0 Å². The molecule has 424 valence electrons. The molecule has 0 aromatic carbocycles. The second kappa shape index (κ2) is 61.6. The Bertz CT molecular complexity index is 1170. The average molecular weight is 1010 g/mol. The summed E-state index contributed by atoms with van der Waals surface area (Å²) in [5, 5.41) is 23.0. The smallest absolute Gasteiger partial charge is 0.305 e. The van der Waals surface area contributed by atoms with E-state index in [-0.39, 0.29) is 18.5 Å². The summed E-state index contributed by atoms with van der Waals surface area (Å²) >= 11 is 0. The van der Waals surface area contributed by atoms with Gasteiger partial charge in [-0.2, -0.15) is 0 Å². The fourth-order valence-corrected chi connectivity index (χ4v) is 9.97. The summed E-state index contributed by atoms with van der Waals surface area (Å²) in [6.45, 7) is 4.82. The highest BCUT2D eigenvalue weighted by molar-refractivity contribution is 5.76. The first kappa shape index (κ1) is 70.1. The van der Waals surface area contributed by atoms with Crippen molar-refractivity contribution < 1.29 is 24.5 Å². The van der Waals surface area contributed by atoms with Gasteiger partial charge in [-0.3, -0.25) is 9.59 Å². The highest BCUT2D eigenvalue weighted by atomic mass is 16.5. The van der Waals surface area contributed by atoms with Crippen LogP contribution in [0.4, 0.5) is 0 Å². The van der Waals surface area contributed by atoms with Crippen LogP contribution < -0.4 is 5.32 Å². The number of rotatable bonds is 60. The predicted molar refractivity (Wildman–Crippen MR) is 315 cm³/mol. The number of esters is 1. The van der Waals surface area contributed by atoms with Gasteiger partial charge in [0.05, 0.1) is 25.4 Å². The van der Waals surface area contributed by atoms with E-state index in [9.17, 15) is 19.8 Å². The normalized spacial score (nSPS) is 12.8. The number of ether oxygens (including phenoxy) is 1. The van der Waals surface area contributed by atoms with Crippen molar-refractivity contribution in [3.05, 3.63) is 36.5 Å². The molecule has 72 heavy (non-hydrogen) atoms. The summed E-state index contributed by atoms with van der Waals surface area (Å²) in [7, 11) is 0. The molecule has 2 atom stereocenters. The van der Waals surface area contributed by atoms with Gasteiger partial charge in [-0.1, -0.05) is 314 Å². The summed E-state index contributed by atoms with van der Waals surface area (Å²) < 4.78 is 5.47. The molecule has 1 amide bonds. The molecule has 2 unspecified atom stereocenters. The Balaban J connectivity index is 3.30. The van der Waals surface area contributed by atoms with Gasteiger partial charge in [0.1, 0.15) is 0 Å². The van der Waals surface area contributed by atoms with Gasteiger partial charge in [0.25, 0.3) is 0 Å². The van der Waals surface area contributed by atoms with Crippen LogP contribution in [0.3, 0.4) is 0 Å². The number of hydrogen-bond donors (Lipinski definition) is 3. The van der Waals surface area contributed by atoms with Crippen LogP contribution >= 0.6 is 0 Å². The largest absolute Gasteiger partial charge is 0.466 e. The van der Waals surface area contributed by atoms with Crippen LogP contribution in [-0.4, -0.2) is 47.4 Å². The van der Waals surface area contributed by atoms with Gasteiger partial charge in [-0.25, -0.2) is 0 Å². The van der Waals surface area contributed by atoms with E-state index in [1.165, 1.54) is 270 Å². The van der Waals surface area contributed by atoms with Crippen molar-refractivity contribution >= 4 is 11.9 Å². The third-order valence-corrected chi connectivity index (χ3v) is 14.9. The number of hydrogen-bond acceptors (Lipinski definition) is 5. The van der Waals surface area contributed by atoms with E-state index in [0.717, 1.165) is 51.4 Å². The Hall–Kier alpha value is -1.92. The van der Waals surface area contributed by atoms with Gasteiger partial charge in [0, 0.05) is 12.8 Å². The maximum absolute atomic E-state index is 12.4. The third-order valence-electron chi connectivity index (χ3n) is 14.9. The van der Waals surface area contributed by atoms with E-state index in [4.69, 9.17) is 4.74 Å². The first-order valence-electron chi connectivity index (χ1n) is 32.3. The predicted octanol–water partition coefficient (Wildman–Crippen LogP) is 20.4. The number of aliphatic hydroxyl groups is 2. The van der Waals surface area contributed by atoms with Crippen LogP contribution in [0.2, 0.25) is 0 Å². The SMILES string of the molecule is CCC/C=C\C/C=C\CCCCCCCC(=O)OCCCCCCCCCCCCCCCCCCCCCCCCCCCCCCCCCCCC(=O)NC(CO)C(O)/C=C/CCCCCCCCC. The van der Waals surface area contributed by atoms with Crippen LogP contribution in [-0.2, 0) is 14.3 Å². The number of carbonyl (C=O) groups is 2. The van der Waals surface area contributed by atoms with Gasteiger partial charge >= 0.3 is 5.97 Å². The number of amides is 1. The Morgan fingerprint density at radius 2 is 0.722 bits per heavy atom. The molecule has 0 aromatic rings. The summed E-state index contributed by atoms with van der Waals surface area (Å²) in [5.74, 6) is -0.0593. The van der Waals surface area contributed by atoms with Crippen molar-refractivity contribution in [1.82, 2.24) is 5.32 Å². The maximum Gasteiger partial charge on any atom is 0.305 e. The van der Waals surface area contributed by atoms with Crippen molar-refractivity contribution in [3.63, 3.8) is 0 Å². The van der Waals surface area contributed by atoms with Crippen molar-refractivity contribution in [2.75, 3.05) is 13.2 Å². The lowest BCUT2D eigenvalue weighted by atomic mass is 10.0. The van der Waals surface area contributed by atoms with E-state index >= 15 is 0 Å². The minimum atomic E-state index is -0.838. The molecule has 0 aliphatic heterocycles. The topological polar surface area (TPSA) is 95.9 Å². The Morgan fingerprint density at radius 3 is 1.11 bits per heavy atom. The van der Waals surface area contributed by atoms with Crippen LogP contribution in [0, 0.1) is 0 Å². The molecule has 0 saturated carbocycles. The van der Waals surface area contributed by atoms with E-state index in [1.807, 2.05) is 6.08 Å². The van der Waals surface area contributed by atoms with Gasteiger partial charge < -0.3 is 20.3 Å². The van der Waals surface area contributed by atoms with Crippen molar-refractivity contribution in [2.24, 2.45) is 0 Å². The highest BCUT2D eigenvalue weighted by Crippen LogP contribution is 2.18. The Labute approximate surface area is 449 Å². The van der Waals surface area contributed by atoms with E-state index in [2.05, 4.69) is 43.5 Å². The first-order chi connectivity index (χ1) is 35.5. The fraction of sp³-hybridized carbons (Fsp3) is 0.879. The van der Waals surface area contributed by atoms with E-state index in [0.29, 0.717) is 19.4 Å². The van der Waals surface area contributed by atoms with Crippen LogP contribution in [0.5, 0.6) is 0 Å². The lowest BCUT2D eigenvalue weighted by molar-refractivity contribution is -0.143. The lowest BCUT2D eigenvalue weighted by Gasteiger charge is -2.20. The summed E-state index contributed by atoms with van der Waals surface area (Å²) in [5.41, 5.74) is 0. The standard InChI is InChI=1S/C66H125NO5/c1-3-5-7-9-11-13-14-36-40-44-48-52-56-60-66(71)72-61-57-53-49-45-41-38-35-33-31-29-27-25-23-21-19-17-15-16-18-20-22-24-26-28-30-32-34-37-39-43-47-51-55-59-65(70)67-63(62-68)64(69)58-54-50-46-42-12-10-8-6-4-2/h7,9,13-14,54,58,63-64,68-69H,3-6,8,10-12,15-53,55-57,59-62H2,1-2H3,(H,67,70)/b9-7-,14-13-,58-54+. The molecule has 6 heteroatoms. The molecule has 0 heterocycles. The molecule has 3 N–H and O–H groups in total. The molecule has 6 nitrogen and oxygen atoms in total. The zero-order valence-electron chi connectivity index (χ0n) is 48.4. The van der Waals surface area contributed by atoms with Gasteiger partial charge in [0.2, 0.25) is 5.91 Å².